The number of aryl methyl sites for hydroxylation is 1. The number of aliphatic hydroxyl groups excluding tert-OH is 1. The SMILES string of the molecule is CCc1ccc(Cl)c(CC)c1NC(=O)C(=O)NC(C)CCCO. The Morgan fingerprint density at radius 2 is 1.91 bits per heavy atom. The molecular formula is C17H25ClN2O3. The van der Waals surface area contributed by atoms with Crippen molar-refractivity contribution in [1.29, 1.82) is 0 Å². The maximum atomic E-state index is 12.2. The smallest absolute Gasteiger partial charge is 0.313 e. The van der Waals surface area contributed by atoms with Gasteiger partial charge in [-0.15, -0.1) is 0 Å². The van der Waals surface area contributed by atoms with Gasteiger partial charge in [0.1, 0.15) is 0 Å². The normalized spacial score (nSPS) is 11.9. The lowest BCUT2D eigenvalue weighted by Gasteiger charge is -2.17. The fourth-order valence-electron chi connectivity index (χ4n) is 2.40. The van der Waals surface area contributed by atoms with Gasteiger partial charge in [-0.1, -0.05) is 31.5 Å². The zero-order chi connectivity index (χ0) is 17.4. The average molecular weight is 341 g/mol. The number of hydrogen-bond donors (Lipinski definition) is 3. The van der Waals surface area contributed by atoms with Gasteiger partial charge in [0.2, 0.25) is 0 Å². The number of carbonyl (C=O) groups excluding carboxylic acids is 2. The largest absolute Gasteiger partial charge is 0.396 e. The molecule has 5 nitrogen and oxygen atoms in total. The van der Waals surface area contributed by atoms with E-state index >= 15 is 0 Å². The van der Waals surface area contributed by atoms with Gasteiger partial charge in [-0.3, -0.25) is 9.59 Å². The molecule has 0 bridgehead atoms. The lowest BCUT2D eigenvalue weighted by atomic mass is 10.0. The van der Waals surface area contributed by atoms with Crippen molar-refractivity contribution in [3.63, 3.8) is 0 Å². The molecule has 0 fully saturated rings. The van der Waals surface area contributed by atoms with Crippen molar-refractivity contribution in [3.8, 4) is 0 Å². The molecule has 0 aliphatic heterocycles. The van der Waals surface area contributed by atoms with Crippen LogP contribution in [0.1, 0.15) is 44.7 Å². The maximum Gasteiger partial charge on any atom is 0.313 e. The van der Waals surface area contributed by atoms with Crippen molar-refractivity contribution < 1.29 is 14.7 Å². The maximum absolute atomic E-state index is 12.2. The zero-order valence-corrected chi connectivity index (χ0v) is 14.7. The standard InChI is InChI=1S/C17H25ClN2O3/c1-4-12-8-9-14(18)13(5-2)15(12)20-17(23)16(22)19-11(3)7-6-10-21/h8-9,11,21H,4-7,10H2,1-3H3,(H,19,22)(H,20,23). The summed E-state index contributed by atoms with van der Waals surface area (Å²) < 4.78 is 0. The summed E-state index contributed by atoms with van der Waals surface area (Å²) in [7, 11) is 0. The Labute approximate surface area is 142 Å². The van der Waals surface area contributed by atoms with Crippen LogP contribution in [-0.4, -0.2) is 29.6 Å². The van der Waals surface area contributed by atoms with Crippen molar-refractivity contribution in [2.24, 2.45) is 0 Å². The van der Waals surface area contributed by atoms with E-state index in [4.69, 9.17) is 16.7 Å². The summed E-state index contributed by atoms with van der Waals surface area (Å²) in [5, 5.41) is 14.7. The van der Waals surface area contributed by atoms with Gasteiger partial charge in [-0.2, -0.15) is 0 Å². The van der Waals surface area contributed by atoms with Crippen LogP contribution >= 0.6 is 11.6 Å². The Balaban J connectivity index is 2.84. The molecule has 0 aliphatic carbocycles. The van der Waals surface area contributed by atoms with E-state index in [0.29, 0.717) is 30.0 Å². The lowest BCUT2D eigenvalue weighted by Crippen LogP contribution is -2.40. The Hall–Kier alpha value is -1.59. The van der Waals surface area contributed by atoms with Gasteiger partial charge in [-0.25, -0.2) is 0 Å². The van der Waals surface area contributed by atoms with Gasteiger partial charge in [0, 0.05) is 23.4 Å². The van der Waals surface area contributed by atoms with E-state index in [2.05, 4.69) is 10.6 Å². The Bertz CT molecular complexity index is 561. The molecule has 0 spiro atoms. The van der Waals surface area contributed by atoms with Crippen LogP contribution in [0.15, 0.2) is 12.1 Å². The van der Waals surface area contributed by atoms with Crippen LogP contribution < -0.4 is 10.6 Å². The minimum Gasteiger partial charge on any atom is -0.396 e. The van der Waals surface area contributed by atoms with E-state index in [0.717, 1.165) is 17.5 Å². The van der Waals surface area contributed by atoms with Crippen LogP contribution in [-0.2, 0) is 22.4 Å². The monoisotopic (exact) mass is 340 g/mol. The number of benzene rings is 1. The van der Waals surface area contributed by atoms with E-state index in [1.54, 1.807) is 6.92 Å². The molecule has 0 aliphatic rings. The summed E-state index contributed by atoms with van der Waals surface area (Å²) in [5.41, 5.74) is 2.41. The van der Waals surface area contributed by atoms with E-state index in [-0.39, 0.29) is 12.6 Å². The highest BCUT2D eigenvalue weighted by Gasteiger charge is 2.19. The second-order valence-electron chi connectivity index (χ2n) is 5.46. The molecule has 3 N–H and O–H groups in total. The summed E-state index contributed by atoms with van der Waals surface area (Å²) in [6.45, 7) is 5.80. The third-order valence-electron chi connectivity index (χ3n) is 3.69. The first-order chi connectivity index (χ1) is 10.9. The van der Waals surface area contributed by atoms with Crippen molar-refractivity contribution in [2.45, 2.75) is 52.5 Å². The quantitative estimate of drug-likeness (QED) is 0.668. The van der Waals surface area contributed by atoms with E-state index in [9.17, 15) is 9.59 Å². The Kier molecular flexibility index (Phi) is 8.06. The Morgan fingerprint density at radius 3 is 2.48 bits per heavy atom. The van der Waals surface area contributed by atoms with E-state index < -0.39 is 11.8 Å². The van der Waals surface area contributed by atoms with Crippen molar-refractivity contribution in [1.82, 2.24) is 5.32 Å². The predicted molar refractivity (Wildman–Crippen MR) is 92.8 cm³/mol. The molecule has 1 aromatic rings. The number of hydrogen-bond acceptors (Lipinski definition) is 3. The van der Waals surface area contributed by atoms with Gasteiger partial charge >= 0.3 is 11.8 Å². The molecule has 128 valence electrons. The molecule has 0 saturated carbocycles. The van der Waals surface area contributed by atoms with Crippen molar-refractivity contribution in [2.75, 3.05) is 11.9 Å². The predicted octanol–water partition coefficient (Wildman–Crippen LogP) is 2.68. The van der Waals surface area contributed by atoms with Crippen LogP contribution in [0, 0.1) is 0 Å². The third kappa shape index (κ3) is 5.52. The highest BCUT2D eigenvalue weighted by molar-refractivity contribution is 6.40. The zero-order valence-electron chi connectivity index (χ0n) is 13.9. The molecule has 1 atom stereocenters. The fraction of sp³-hybridized carbons (Fsp3) is 0.529. The number of rotatable bonds is 7. The average Bonchev–Trinajstić information content (AvgIpc) is 2.53. The topological polar surface area (TPSA) is 78.4 Å². The Morgan fingerprint density at radius 1 is 1.22 bits per heavy atom. The van der Waals surface area contributed by atoms with Crippen LogP contribution in [0.4, 0.5) is 5.69 Å². The first-order valence-corrected chi connectivity index (χ1v) is 8.35. The van der Waals surface area contributed by atoms with Crippen LogP contribution in [0.2, 0.25) is 5.02 Å². The summed E-state index contributed by atoms with van der Waals surface area (Å²) in [4.78, 5) is 24.1. The molecule has 6 heteroatoms. The molecule has 0 saturated heterocycles. The van der Waals surface area contributed by atoms with E-state index in [1.165, 1.54) is 0 Å². The fourth-order valence-corrected chi connectivity index (χ4v) is 2.69. The highest BCUT2D eigenvalue weighted by Crippen LogP contribution is 2.29. The highest BCUT2D eigenvalue weighted by atomic mass is 35.5. The van der Waals surface area contributed by atoms with Gasteiger partial charge in [-0.05, 0) is 49.8 Å². The van der Waals surface area contributed by atoms with Crippen molar-refractivity contribution >= 4 is 29.1 Å². The molecule has 0 heterocycles. The first kappa shape index (κ1) is 19.5. The van der Waals surface area contributed by atoms with Crippen molar-refractivity contribution in [3.05, 3.63) is 28.3 Å². The molecular weight excluding hydrogens is 316 g/mol. The molecule has 0 radical (unpaired) electrons. The minimum atomic E-state index is -0.701. The second-order valence-corrected chi connectivity index (χ2v) is 5.87. The molecule has 23 heavy (non-hydrogen) atoms. The summed E-state index contributed by atoms with van der Waals surface area (Å²) in [6.07, 6.45) is 2.59. The molecule has 2 amide bonds. The molecule has 1 aromatic carbocycles. The van der Waals surface area contributed by atoms with E-state index in [1.807, 2.05) is 26.0 Å². The minimum absolute atomic E-state index is 0.0641. The number of anilines is 1. The van der Waals surface area contributed by atoms with Gasteiger partial charge in [0.25, 0.3) is 0 Å². The van der Waals surface area contributed by atoms with Crippen LogP contribution in [0.25, 0.3) is 0 Å². The molecule has 1 rings (SSSR count). The van der Waals surface area contributed by atoms with Gasteiger partial charge < -0.3 is 15.7 Å². The molecule has 0 aromatic heterocycles. The lowest BCUT2D eigenvalue weighted by molar-refractivity contribution is -0.136. The number of carbonyl (C=O) groups is 2. The number of aliphatic hydroxyl groups is 1. The van der Waals surface area contributed by atoms with Gasteiger partial charge in [0.05, 0.1) is 0 Å². The van der Waals surface area contributed by atoms with Crippen LogP contribution in [0.3, 0.4) is 0 Å². The number of nitrogens with one attached hydrogen (secondary N) is 2. The third-order valence-corrected chi connectivity index (χ3v) is 4.05. The summed E-state index contributed by atoms with van der Waals surface area (Å²) >= 11 is 6.19. The summed E-state index contributed by atoms with van der Waals surface area (Å²) in [5.74, 6) is -1.38. The number of halogens is 1. The summed E-state index contributed by atoms with van der Waals surface area (Å²) in [6, 6.07) is 3.50. The second kappa shape index (κ2) is 9.53. The molecule has 1 unspecified atom stereocenters. The van der Waals surface area contributed by atoms with Crippen LogP contribution in [0.5, 0.6) is 0 Å². The van der Waals surface area contributed by atoms with Gasteiger partial charge in [0.15, 0.2) is 0 Å². The first-order valence-electron chi connectivity index (χ1n) is 7.97. The number of amides is 2.